The molecule has 5 nitrogen and oxygen atoms in total. The van der Waals surface area contributed by atoms with Gasteiger partial charge in [0.2, 0.25) is 0 Å². The van der Waals surface area contributed by atoms with E-state index in [4.69, 9.17) is 10.8 Å². The average Bonchev–Trinajstić information content (AvgIpc) is 1.58. The van der Waals surface area contributed by atoms with Crippen LogP contribution in [0.4, 0.5) is 0 Å². The Bertz CT molecular complexity index is 105. The Labute approximate surface area is 60.5 Å². The van der Waals surface area contributed by atoms with Crippen LogP contribution in [0.1, 0.15) is 13.8 Å². The molecule has 0 amide bonds. The van der Waals surface area contributed by atoms with E-state index in [-0.39, 0.29) is 0 Å². The summed E-state index contributed by atoms with van der Waals surface area (Å²) in [5.74, 6) is 0. The normalized spacial score (nSPS) is 18.2. The first-order valence-electron chi connectivity index (χ1n) is 2.86. The van der Waals surface area contributed by atoms with Gasteiger partial charge in [0.15, 0.2) is 6.23 Å². The molecule has 0 spiro atoms. The van der Waals surface area contributed by atoms with E-state index in [0.29, 0.717) is 0 Å². The third kappa shape index (κ3) is 6.07. The summed E-state index contributed by atoms with van der Waals surface area (Å²) in [7, 11) is -2.03. The Morgan fingerprint density at radius 1 is 1.70 bits per heavy atom. The van der Waals surface area contributed by atoms with Crippen molar-refractivity contribution >= 4 is 8.18 Å². The minimum Gasteiger partial charge on any atom is -0.375 e. The monoisotopic (exact) mass is 167 g/mol. The van der Waals surface area contributed by atoms with E-state index in [1.807, 2.05) is 0 Å². The first-order valence-corrected chi connectivity index (χ1v) is 4.04. The van der Waals surface area contributed by atoms with Crippen molar-refractivity contribution in [3.05, 3.63) is 0 Å². The van der Waals surface area contributed by atoms with Gasteiger partial charge in [-0.3, -0.25) is 0 Å². The first-order chi connectivity index (χ1) is 4.52. The van der Waals surface area contributed by atoms with Crippen molar-refractivity contribution in [2.24, 2.45) is 5.73 Å². The SMILES string of the molecule is CC(O)N[P+](=O)OC(C)N. The summed E-state index contributed by atoms with van der Waals surface area (Å²) in [6, 6.07) is 0. The van der Waals surface area contributed by atoms with Crippen LogP contribution in [-0.4, -0.2) is 17.6 Å². The number of nitrogens with two attached hydrogens (primary N) is 1. The number of hydrogen-bond donors (Lipinski definition) is 3. The molecule has 3 unspecified atom stereocenters. The van der Waals surface area contributed by atoms with Crippen molar-refractivity contribution in [2.75, 3.05) is 0 Å². The third-order valence-electron chi connectivity index (χ3n) is 0.554. The average molecular weight is 167 g/mol. The molecule has 0 heterocycles. The smallest absolute Gasteiger partial charge is 0.375 e. The van der Waals surface area contributed by atoms with Crippen molar-refractivity contribution in [2.45, 2.75) is 26.3 Å². The lowest BCUT2D eigenvalue weighted by molar-refractivity contribution is 0.168. The Kier molecular flexibility index (Phi) is 4.68. The van der Waals surface area contributed by atoms with E-state index in [9.17, 15) is 4.57 Å². The minimum atomic E-state index is -2.03. The molecule has 10 heavy (non-hydrogen) atoms. The van der Waals surface area contributed by atoms with E-state index < -0.39 is 20.6 Å². The maximum atomic E-state index is 10.6. The van der Waals surface area contributed by atoms with Gasteiger partial charge in [-0.05, 0) is 18.4 Å². The maximum Gasteiger partial charge on any atom is 0.617 e. The highest BCUT2D eigenvalue weighted by Gasteiger charge is 2.21. The maximum absolute atomic E-state index is 10.6. The van der Waals surface area contributed by atoms with Gasteiger partial charge in [0.05, 0.1) is 0 Å². The molecule has 0 fully saturated rings. The molecule has 0 aromatic rings. The standard InChI is InChI=1S/C4H12N2O3P/c1-3(5)9-10(8)6-4(2)7/h3-4,7H,5H2,1-2H3,(H,6,8)/q+1. The molecule has 60 valence electrons. The van der Waals surface area contributed by atoms with Gasteiger partial charge < -0.3 is 10.8 Å². The molecule has 0 aliphatic heterocycles. The predicted octanol–water partition coefficient (Wildman–Crippen LogP) is -0.107. The lowest BCUT2D eigenvalue weighted by Crippen LogP contribution is -2.22. The summed E-state index contributed by atoms with van der Waals surface area (Å²) in [5.41, 5.74) is 5.14. The third-order valence-corrected chi connectivity index (χ3v) is 1.66. The van der Waals surface area contributed by atoms with E-state index >= 15 is 0 Å². The Morgan fingerprint density at radius 3 is 2.50 bits per heavy atom. The minimum absolute atomic E-state index is 0.588. The summed E-state index contributed by atoms with van der Waals surface area (Å²) in [4.78, 5) is 0. The largest absolute Gasteiger partial charge is 0.617 e. The Morgan fingerprint density at radius 2 is 2.20 bits per heavy atom. The van der Waals surface area contributed by atoms with Crippen molar-refractivity contribution in [1.29, 1.82) is 0 Å². The molecule has 0 aliphatic rings. The molecule has 0 saturated heterocycles. The zero-order valence-corrected chi connectivity index (χ0v) is 6.84. The second kappa shape index (κ2) is 4.71. The molecule has 6 heteroatoms. The summed E-state index contributed by atoms with van der Waals surface area (Å²) in [6.45, 7) is 2.99. The van der Waals surface area contributed by atoms with E-state index in [2.05, 4.69) is 9.61 Å². The van der Waals surface area contributed by atoms with Gasteiger partial charge in [0.25, 0.3) is 0 Å². The zero-order valence-electron chi connectivity index (χ0n) is 5.94. The summed E-state index contributed by atoms with van der Waals surface area (Å²) >= 11 is 0. The van der Waals surface area contributed by atoms with Crippen LogP contribution < -0.4 is 10.8 Å². The van der Waals surface area contributed by atoms with Crippen LogP contribution in [-0.2, 0) is 9.09 Å². The van der Waals surface area contributed by atoms with Crippen molar-refractivity contribution in [3.63, 3.8) is 0 Å². The fraction of sp³-hybridized carbons (Fsp3) is 1.00. The second-order valence-electron chi connectivity index (χ2n) is 1.87. The van der Waals surface area contributed by atoms with Crippen molar-refractivity contribution in [3.8, 4) is 0 Å². The van der Waals surface area contributed by atoms with Crippen LogP contribution in [0.2, 0.25) is 0 Å². The lowest BCUT2D eigenvalue weighted by atomic mass is 10.7. The van der Waals surface area contributed by atoms with Crippen LogP contribution >= 0.6 is 8.18 Å². The molecular formula is C4H12N2O3P+. The van der Waals surface area contributed by atoms with Gasteiger partial charge in [0, 0.05) is 0 Å². The van der Waals surface area contributed by atoms with Gasteiger partial charge in [-0.25, -0.2) is 0 Å². The number of aliphatic hydroxyl groups is 1. The second-order valence-corrected chi connectivity index (χ2v) is 2.86. The molecule has 0 aliphatic carbocycles. The topological polar surface area (TPSA) is 84.6 Å². The highest BCUT2D eigenvalue weighted by molar-refractivity contribution is 7.36. The zero-order chi connectivity index (χ0) is 8.15. The molecule has 0 aromatic carbocycles. The van der Waals surface area contributed by atoms with E-state index in [1.54, 1.807) is 6.92 Å². The highest BCUT2D eigenvalue weighted by atomic mass is 31.1. The van der Waals surface area contributed by atoms with Crippen molar-refractivity contribution < 1.29 is 14.2 Å². The van der Waals surface area contributed by atoms with Crippen LogP contribution in [0.3, 0.4) is 0 Å². The van der Waals surface area contributed by atoms with E-state index in [1.165, 1.54) is 6.92 Å². The molecule has 4 N–H and O–H groups in total. The van der Waals surface area contributed by atoms with Gasteiger partial charge in [-0.15, -0.1) is 4.52 Å². The number of aliphatic hydroxyl groups excluding tert-OH is 1. The molecule has 0 saturated carbocycles. The predicted molar refractivity (Wildman–Crippen MR) is 37.2 cm³/mol. The number of nitrogens with one attached hydrogen (secondary N) is 1. The van der Waals surface area contributed by atoms with Crippen LogP contribution in [0.25, 0.3) is 0 Å². The first kappa shape index (κ1) is 9.94. The summed E-state index contributed by atoms with van der Waals surface area (Å²) < 4.78 is 15.2. The molecule has 3 atom stereocenters. The van der Waals surface area contributed by atoms with Crippen LogP contribution in [0, 0.1) is 0 Å². The van der Waals surface area contributed by atoms with Gasteiger partial charge >= 0.3 is 8.18 Å². The Hall–Kier alpha value is -0.0600. The number of hydrogen-bond acceptors (Lipinski definition) is 4. The van der Waals surface area contributed by atoms with Gasteiger partial charge in [-0.1, -0.05) is 5.09 Å². The molecule has 0 radical (unpaired) electrons. The van der Waals surface area contributed by atoms with Gasteiger partial charge in [-0.2, -0.15) is 0 Å². The molecule has 0 rings (SSSR count). The van der Waals surface area contributed by atoms with Crippen LogP contribution in [0.5, 0.6) is 0 Å². The van der Waals surface area contributed by atoms with Crippen molar-refractivity contribution in [1.82, 2.24) is 5.09 Å². The van der Waals surface area contributed by atoms with Crippen LogP contribution in [0.15, 0.2) is 0 Å². The Balaban J connectivity index is 3.44. The summed E-state index contributed by atoms with van der Waals surface area (Å²) in [5, 5.41) is 10.9. The quantitative estimate of drug-likeness (QED) is 0.402. The molecule has 0 bridgehead atoms. The van der Waals surface area contributed by atoms with Gasteiger partial charge in [0.1, 0.15) is 6.23 Å². The highest BCUT2D eigenvalue weighted by Crippen LogP contribution is 2.17. The fourth-order valence-corrected chi connectivity index (χ4v) is 1.00. The lowest BCUT2D eigenvalue weighted by Gasteiger charge is -1.96. The fourth-order valence-electron chi connectivity index (χ4n) is 0.334. The van der Waals surface area contributed by atoms with E-state index in [0.717, 1.165) is 0 Å². The summed E-state index contributed by atoms with van der Waals surface area (Å²) in [6.07, 6.45) is -1.43. The number of rotatable bonds is 4. The molecular weight excluding hydrogens is 155 g/mol. The molecule has 0 aromatic heterocycles.